The number of hydrogen-bond donors (Lipinski definition) is 1. The molecule has 2 nitrogen and oxygen atoms in total. The Morgan fingerprint density at radius 3 is 2.67 bits per heavy atom. The molecule has 0 saturated carbocycles. The van der Waals surface area contributed by atoms with Crippen LogP contribution in [0.4, 0.5) is 0 Å². The fraction of sp³-hybridized carbons (Fsp3) is 0.364. The second kappa shape index (κ2) is 5.38. The number of halogens is 2. The molecular formula is C11H12Cl2O2. The van der Waals surface area contributed by atoms with Crippen LogP contribution >= 0.6 is 23.2 Å². The van der Waals surface area contributed by atoms with E-state index in [1.807, 2.05) is 0 Å². The van der Waals surface area contributed by atoms with Crippen molar-refractivity contribution in [3.05, 3.63) is 27.2 Å². The highest BCUT2D eigenvalue weighted by Crippen LogP contribution is 2.36. The molecule has 0 aliphatic carbocycles. The SMILES string of the molecule is CCCCc1c(Cl)cc(C=O)c(O)c1Cl. The van der Waals surface area contributed by atoms with Gasteiger partial charge in [0.2, 0.25) is 0 Å². The Morgan fingerprint density at radius 1 is 1.47 bits per heavy atom. The Morgan fingerprint density at radius 2 is 2.13 bits per heavy atom. The average Bonchev–Trinajstić information content (AvgIpc) is 2.23. The lowest BCUT2D eigenvalue weighted by molar-refractivity contribution is 0.112. The fourth-order valence-corrected chi connectivity index (χ4v) is 2.00. The van der Waals surface area contributed by atoms with Crippen LogP contribution in [0.5, 0.6) is 5.75 Å². The van der Waals surface area contributed by atoms with Gasteiger partial charge in [0.25, 0.3) is 0 Å². The molecular weight excluding hydrogens is 235 g/mol. The molecule has 82 valence electrons. The molecule has 0 atom stereocenters. The van der Waals surface area contributed by atoms with E-state index in [9.17, 15) is 9.90 Å². The topological polar surface area (TPSA) is 37.3 Å². The Balaban J connectivity index is 3.17. The standard InChI is InChI=1S/C11H12Cl2O2/c1-2-3-4-8-9(12)5-7(6-14)11(15)10(8)13/h5-6,15H,2-4H2,1H3. The molecule has 15 heavy (non-hydrogen) atoms. The lowest BCUT2D eigenvalue weighted by Gasteiger charge is -2.09. The van der Waals surface area contributed by atoms with E-state index >= 15 is 0 Å². The van der Waals surface area contributed by atoms with Crippen molar-refractivity contribution in [2.45, 2.75) is 26.2 Å². The number of benzene rings is 1. The third kappa shape index (κ3) is 2.64. The van der Waals surface area contributed by atoms with E-state index in [0.29, 0.717) is 23.3 Å². The molecule has 0 unspecified atom stereocenters. The molecule has 1 N–H and O–H groups in total. The highest BCUT2D eigenvalue weighted by molar-refractivity contribution is 6.37. The van der Waals surface area contributed by atoms with Gasteiger partial charge in [-0.2, -0.15) is 0 Å². The Labute approximate surface area is 98.8 Å². The summed E-state index contributed by atoms with van der Waals surface area (Å²) in [5.41, 5.74) is 0.841. The maximum Gasteiger partial charge on any atom is 0.153 e. The van der Waals surface area contributed by atoms with Crippen LogP contribution in [0.2, 0.25) is 10.0 Å². The van der Waals surface area contributed by atoms with E-state index in [-0.39, 0.29) is 16.3 Å². The van der Waals surface area contributed by atoms with Gasteiger partial charge in [0.05, 0.1) is 10.6 Å². The molecule has 0 aliphatic heterocycles. The number of phenols is 1. The molecule has 0 bridgehead atoms. The van der Waals surface area contributed by atoms with Crippen molar-refractivity contribution < 1.29 is 9.90 Å². The number of rotatable bonds is 4. The highest BCUT2D eigenvalue weighted by Gasteiger charge is 2.14. The summed E-state index contributed by atoms with van der Waals surface area (Å²) < 4.78 is 0. The van der Waals surface area contributed by atoms with E-state index < -0.39 is 0 Å². The van der Waals surface area contributed by atoms with Crippen molar-refractivity contribution in [3.63, 3.8) is 0 Å². The van der Waals surface area contributed by atoms with Crippen molar-refractivity contribution in [1.82, 2.24) is 0 Å². The number of aromatic hydroxyl groups is 1. The number of phenolic OH excluding ortho intramolecular Hbond substituents is 1. The Hall–Kier alpha value is -0.730. The summed E-state index contributed by atoms with van der Waals surface area (Å²) in [7, 11) is 0. The van der Waals surface area contributed by atoms with Crippen molar-refractivity contribution in [2.24, 2.45) is 0 Å². The number of carbonyl (C=O) groups excluding carboxylic acids is 1. The summed E-state index contributed by atoms with van der Waals surface area (Å²) in [6, 6.07) is 1.45. The summed E-state index contributed by atoms with van der Waals surface area (Å²) in [4.78, 5) is 10.6. The van der Waals surface area contributed by atoms with Gasteiger partial charge < -0.3 is 5.11 Å². The lowest BCUT2D eigenvalue weighted by atomic mass is 10.1. The first kappa shape index (κ1) is 12.3. The molecule has 1 aromatic carbocycles. The largest absolute Gasteiger partial charge is 0.506 e. The summed E-state index contributed by atoms with van der Waals surface area (Å²) in [5.74, 6) is -0.179. The van der Waals surface area contributed by atoms with Crippen molar-refractivity contribution >= 4 is 29.5 Å². The predicted molar refractivity (Wildman–Crippen MR) is 62.1 cm³/mol. The lowest BCUT2D eigenvalue weighted by Crippen LogP contribution is -1.92. The monoisotopic (exact) mass is 246 g/mol. The quantitative estimate of drug-likeness (QED) is 0.820. The first-order chi connectivity index (χ1) is 7.11. The molecule has 0 spiro atoms. The van der Waals surface area contributed by atoms with Gasteiger partial charge in [0, 0.05) is 5.02 Å². The molecule has 0 amide bonds. The van der Waals surface area contributed by atoms with Gasteiger partial charge in [0.1, 0.15) is 5.75 Å². The van der Waals surface area contributed by atoms with Crippen LogP contribution < -0.4 is 0 Å². The van der Waals surface area contributed by atoms with E-state index in [4.69, 9.17) is 23.2 Å². The van der Waals surface area contributed by atoms with Crippen LogP contribution in [0.25, 0.3) is 0 Å². The average molecular weight is 247 g/mol. The molecule has 0 saturated heterocycles. The number of aldehydes is 1. The minimum atomic E-state index is -0.179. The zero-order chi connectivity index (χ0) is 11.4. The van der Waals surface area contributed by atoms with Gasteiger partial charge in [-0.05, 0) is 24.5 Å². The molecule has 0 fully saturated rings. The van der Waals surface area contributed by atoms with E-state index in [0.717, 1.165) is 12.8 Å². The van der Waals surface area contributed by atoms with Crippen LogP contribution in [0, 0.1) is 0 Å². The normalized spacial score (nSPS) is 10.3. The molecule has 4 heteroatoms. The molecule has 0 radical (unpaired) electrons. The number of hydrogen-bond acceptors (Lipinski definition) is 2. The number of unbranched alkanes of at least 4 members (excludes halogenated alkanes) is 1. The minimum absolute atomic E-state index is 0.130. The van der Waals surface area contributed by atoms with Gasteiger partial charge in [0.15, 0.2) is 6.29 Å². The van der Waals surface area contributed by atoms with Gasteiger partial charge in [-0.25, -0.2) is 0 Å². The van der Waals surface area contributed by atoms with Gasteiger partial charge in [-0.1, -0.05) is 36.5 Å². The summed E-state index contributed by atoms with van der Waals surface area (Å²) in [6.45, 7) is 2.06. The smallest absolute Gasteiger partial charge is 0.153 e. The second-order valence-electron chi connectivity index (χ2n) is 3.31. The van der Waals surface area contributed by atoms with Crippen LogP contribution in [0.1, 0.15) is 35.7 Å². The van der Waals surface area contributed by atoms with Crippen molar-refractivity contribution in [1.29, 1.82) is 0 Å². The molecule has 0 aliphatic rings. The van der Waals surface area contributed by atoms with E-state index in [1.54, 1.807) is 0 Å². The van der Waals surface area contributed by atoms with Gasteiger partial charge >= 0.3 is 0 Å². The summed E-state index contributed by atoms with van der Waals surface area (Å²) >= 11 is 11.9. The molecule has 0 heterocycles. The van der Waals surface area contributed by atoms with Crippen LogP contribution in [0.3, 0.4) is 0 Å². The van der Waals surface area contributed by atoms with Crippen LogP contribution in [-0.4, -0.2) is 11.4 Å². The molecule has 1 aromatic rings. The van der Waals surface area contributed by atoms with Crippen molar-refractivity contribution in [2.75, 3.05) is 0 Å². The Bertz CT molecular complexity index is 375. The van der Waals surface area contributed by atoms with Crippen LogP contribution in [0.15, 0.2) is 6.07 Å². The highest BCUT2D eigenvalue weighted by atomic mass is 35.5. The van der Waals surface area contributed by atoms with E-state index in [2.05, 4.69) is 6.92 Å². The van der Waals surface area contributed by atoms with Crippen LogP contribution in [-0.2, 0) is 6.42 Å². The van der Waals surface area contributed by atoms with E-state index in [1.165, 1.54) is 6.07 Å². The zero-order valence-corrected chi connectivity index (χ0v) is 9.90. The first-order valence-corrected chi connectivity index (χ1v) is 5.52. The predicted octanol–water partition coefficient (Wildman–Crippen LogP) is 3.85. The first-order valence-electron chi connectivity index (χ1n) is 4.76. The number of carbonyl (C=O) groups is 1. The third-order valence-electron chi connectivity index (χ3n) is 2.22. The Kier molecular flexibility index (Phi) is 4.43. The zero-order valence-electron chi connectivity index (χ0n) is 8.39. The maximum atomic E-state index is 10.6. The maximum absolute atomic E-state index is 10.6. The summed E-state index contributed by atoms with van der Waals surface area (Å²) in [6.07, 6.45) is 3.21. The van der Waals surface area contributed by atoms with Crippen molar-refractivity contribution in [3.8, 4) is 5.75 Å². The molecule has 0 aromatic heterocycles. The van der Waals surface area contributed by atoms with Gasteiger partial charge in [-0.15, -0.1) is 0 Å². The molecule has 1 rings (SSSR count). The fourth-order valence-electron chi connectivity index (χ4n) is 1.34. The summed E-state index contributed by atoms with van der Waals surface area (Å²) in [5, 5.41) is 10.2. The van der Waals surface area contributed by atoms with Gasteiger partial charge in [-0.3, -0.25) is 4.79 Å². The minimum Gasteiger partial charge on any atom is -0.506 e. The third-order valence-corrected chi connectivity index (χ3v) is 2.97. The second-order valence-corrected chi connectivity index (χ2v) is 4.10.